The van der Waals surface area contributed by atoms with Gasteiger partial charge in [0.25, 0.3) is 0 Å². The van der Waals surface area contributed by atoms with Gasteiger partial charge in [-0.3, -0.25) is 0 Å². The van der Waals surface area contributed by atoms with Crippen LogP contribution in [0.15, 0.2) is 218 Å². The van der Waals surface area contributed by atoms with E-state index in [1.807, 2.05) is 12.1 Å². The molecule has 0 bridgehead atoms. The molecule has 54 heavy (non-hydrogen) atoms. The lowest BCUT2D eigenvalue weighted by molar-refractivity contribution is 1.18. The number of nitrogens with zero attached hydrogens (tertiary/aromatic N) is 2. The summed E-state index contributed by atoms with van der Waals surface area (Å²) in [7, 11) is 0. The lowest BCUT2D eigenvalue weighted by atomic mass is 9.94. The van der Waals surface area contributed by atoms with E-state index in [1.165, 1.54) is 38.9 Å². The number of aromatic nitrogens is 2. The third kappa shape index (κ3) is 7.01. The molecule has 2 nitrogen and oxygen atoms in total. The maximum absolute atomic E-state index is 5.19. The highest BCUT2D eigenvalue weighted by atomic mass is 14.9. The highest BCUT2D eigenvalue weighted by Gasteiger charge is 2.13. The summed E-state index contributed by atoms with van der Waals surface area (Å²) in [4.78, 5) is 10.3. The van der Waals surface area contributed by atoms with Crippen LogP contribution in [0, 0.1) is 0 Å². The first-order chi connectivity index (χ1) is 26.7. The molecule has 0 radical (unpaired) electrons. The Balaban J connectivity index is 1.07. The molecule has 0 spiro atoms. The van der Waals surface area contributed by atoms with Gasteiger partial charge in [-0.1, -0.05) is 182 Å². The highest BCUT2D eigenvalue weighted by Crippen LogP contribution is 2.34. The predicted molar refractivity (Wildman–Crippen MR) is 226 cm³/mol. The van der Waals surface area contributed by atoms with Crippen molar-refractivity contribution >= 4 is 0 Å². The van der Waals surface area contributed by atoms with Crippen molar-refractivity contribution in [2.45, 2.75) is 0 Å². The van der Waals surface area contributed by atoms with Gasteiger partial charge in [-0.25, -0.2) is 9.97 Å². The topological polar surface area (TPSA) is 25.8 Å². The summed E-state index contributed by atoms with van der Waals surface area (Å²) in [5.74, 6) is 0.694. The van der Waals surface area contributed by atoms with E-state index in [0.717, 1.165) is 44.8 Å². The molecule has 254 valence electrons. The zero-order chi connectivity index (χ0) is 36.1. The van der Waals surface area contributed by atoms with E-state index in [4.69, 9.17) is 9.97 Å². The van der Waals surface area contributed by atoms with Crippen LogP contribution in [0.2, 0.25) is 0 Å². The third-order valence-electron chi connectivity index (χ3n) is 9.88. The Morgan fingerprint density at radius 2 is 0.444 bits per heavy atom. The Morgan fingerprint density at radius 1 is 0.185 bits per heavy atom. The van der Waals surface area contributed by atoms with Crippen molar-refractivity contribution < 1.29 is 0 Å². The monoisotopic (exact) mass is 688 g/mol. The van der Waals surface area contributed by atoms with Crippen LogP contribution >= 0.6 is 0 Å². The standard InChI is InChI=1S/C52H36N2/c1-4-15-37(16-5-1)40-21-10-23-42(31-40)43-24-11-25-44(32-43)45-26-12-27-46(33-45)47-28-14-30-49(35-47)52-53-50(39-19-8-3-9-20-39)36-51(54-52)48-29-13-22-41(34-48)38-17-6-2-7-18-38/h1-36H. The van der Waals surface area contributed by atoms with Crippen molar-refractivity contribution in [1.29, 1.82) is 0 Å². The minimum absolute atomic E-state index is 0.694. The molecule has 1 aromatic heterocycles. The Morgan fingerprint density at radius 3 is 0.852 bits per heavy atom. The van der Waals surface area contributed by atoms with Crippen molar-refractivity contribution in [3.05, 3.63) is 218 Å². The van der Waals surface area contributed by atoms with Crippen LogP contribution in [0.3, 0.4) is 0 Å². The minimum Gasteiger partial charge on any atom is -0.228 e. The molecule has 0 amide bonds. The van der Waals surface area contributed by atoms with Crippen LogP contribution in [0.4, 0.5) is 0 Å². The second kappa shape index (κ2) is 14.8. The van der Waals surface area contributed by atoms with Crippen molar-refractivity contribution in [2.75, 3.05) is 0 Å². The summed E-state index contributed by atoms with van der Waals surface area (Å²) in [6, 6.07) is 77.0. The molecule has 0 unspecified atom stereocenters. The zero-order valence-corrected chi connectivity index (χ0v) is 29.7. The fourth-order valence-corrected chi connectivity index (χ4v) is 7.07. The van der Waals surface area contributed by atoms with E-state index >= 15 is 0 Å². The molecule has 8 aromatic carbocycles. The van der Waals surface area contributed by atoms with Crippen LogP contribution in [-0.2, 0) is 0 Å². The van der Waals surface area contributed by atoms with E-state index in [2.05, 4.69) is 206 Å². The molecule has 9 aromatic rings. The smallest absolute Gasteiger partial charge is 0.160 e. The molecule has 1 heterocycles. The maximum Gasteiger partial charge on any atom is 0.160 e. The molecule has 0 aliphatic carbocycles. The molecule has 0 fully saturated rings. The highest BCUT2D eigenvalue weighted by molar-refractivity contribution is 5.81. The summed E-state index contributed by atoms with van der Waals surface area (Å²) < 4.78 is 0. The summed E-state index contributed by atoms with van der Waals surface area (Å²) in [5, 5.41) is 0. The van der Waals surface area contributed by atoms with Gasteiger partial charge in [0.05, 0.1) is 11.4 Å². The maximum atomic E-state index is 5.19. The van der Waals surface area contributed by atoms with Crippen molar-refractivity contribution in [3.63, 3.8) is 0 Å². The molecule has 0 saturated carbocycles. The van der Waals surface area contributed by atoms with Gasteiger partial charge in [0, 0.05) is 16.7 Å². The summed E-state index contributed by atoms with van der Waals surface area (Å²) >= 11 is 0. The lowest BCUT2D eigenvalue weighted by Crippen LogP contribution is -1.96. The summed E-state index contributed by atoms with van der Waals surface area (Å²) in [6.45, 7) is 0. The largest absolute Gasteiger partial charge is 0.228 e. The van der Waals surface area contributed by atoms with Gasteiger partial charge in [-0.05, 0) is 92.0 Å². The van der Waals surface area contributed by atoms with Gasteiger partial charge in [0.2, 0.25) is 0 Å². The van der Waals surface area contributed by atoms with Crippen LogP contribution in [0.25, 0.3) is 89.5 Å². The van der Waals surface area contributed by atoms with E-state index in [-0.39, 0.29) is 0 Å². The third-order valence-corrected chi connectivity index (χ3v) is 9.88. The van der Waals surface area contributed by atoms with Crippen molar-refractivity contribution in [3.8, 4) is 89.5 Å². The Hall–Kier alpha value is -7.16. The first-order valence-corrected chi connectivity index (χ1v) is 18.3. The number of hydrogen-bond acceptors (Lipinski definition) is 2. The van der Waals surface area contributed by atoms with Gasteiger partial charge in [-0.15, -0.1) is 0 Å². The van der Waals surface area contributed by atoms with Crippen molar-refractivity contribution in [2.24, 2.45) is 0 Å². The second-order valence-corrected chi connectivity index (χ2v) is 13.5. The van der Waals surface area contributed by atoms with Gasteiger partial charge >= 0.3 is 0 Å². The molecule has 0 aliphatic rings. The number of rotatable bonds is 8. The molecule has 0 aliphatic heterocycles. The Kier molecular flexibility index (Phi) is 8.99. The normalized spacial score (nSPS) is 11.0. The molecule has 0 atom stereocenters. The van der Waals surface area contributed by atoms with E-state index in [1.54, 1.807) is 0 Å². The molecule has 0 saturated heterocycles. The molecule has 0 N–H and O–H groups in total. The average molecular weight is 689 g/mol. The summed E-state index contributed by atoms with van der Waals surface area (Å²) in [5.41, 5.74) is 16.6. The van der Waals surface area contributed by atoms with Crippen LogP contribution < -0.4 is 0 Å². The number of benzene rings is 8. The second-order valence-electron chi connectivity index (χ2n) is 13.5. The fraction of sp³-hybridized carbons (Fsp3) is 0. The van der Waals surface area contributed by atoms with Crippen LogP contribution in [-0.4, -0.2) is 9.97 Å². The van der Waals surface area contributed by atoms with Gasteiger partial charge in [0.15, 0.2) is 5.82 Å². The fourth-order valence-electron chi connectivity index (χ4n) is 7.07. The first-order valence-electron chi connectivity index (χ1n) is 18.3. The minimum atomic E-state index is 0.694. The molecular formula is C52H36N2. The van der Waals surface area contributed by atoms with Gasteiger partial charge in [-0.2, -0.15) is 0 Å². The first kappa shape index (κ1) is 32.7. The van der Waals surface area contributed by atoms with E-state index in [0.29, 0.717) is 5.82 Å². The average Bonchev–Trinajstić information content (AvgIpc) is 3.27. The zero-order valence-electron chi connectivity index (χ0n) is 29.7. The van der Waals surface area contributed by atoms with Gasteiger partial charge < -0.3 is 0 Å². The lowest BCUT2D eigenvalue weighted by Gasteiger charge is -2.12. The quantitative estimate of drug-likeness (QED) is 0.159. The molecular weight excluding hydrogens is 653 g/mol. The molecule has 2 heteroatoms. The summed E-state index contributed by atoms with van der Waals surface area (Å²) in [6.07, 6.45) is 0. The van der Waals surface area contributed by atoms with Crippen molar-refractivity contribution in [1.82, 2.24) is 9.97 Å². The predicted octanol–water partition coefficient (Wildman–Crippen LogP) is 13.8. The number of hydrogen-bond donors (Lipinski definition) is 0. The van der Waals surface area contributed by atoms with Gasteiger partial charge in [0.1, 0.15) is 0 Å². The SMILES string of the molecule is c1ccc(-c2cccc(-c3cccc(-c4cccc(-c5cccc(-c6nc(-c7ccccc7)cc(-c7cccc(-c8ccccc8)c7)n6)c5)c4)c3)c2)cc1. The van der Waals surface area contributed by atoms with Crippen LogP contribution in [0.1, 0.15) is 0 Å². The van der Waals surface area contributed by atoms with E-state index in [9.17, 15) is 0 Å². The van der Waals surface area contributed by atoms with E-state index < -0.39 is 0 Å². The molecule has 9 rings (SSSR count). The Labute approximate surface area is 316 Å². The Bertz CT molecular complexity index is 2700. The van der Waals surface area contributed by atoms with Crippen LogP contribution in [0.5, 0.6) is 0 Å².